The van der Waals surface area contributed by atoms with Gasteiger partial charge in [0.15, 0.2) is 0 Å². The molecular formula is C11H19OPS. The molecule has 0 aromatic heterocycles. The van der Waals surface area contributed by atoms with Crippen molar-refractivity contribution in [3.8, 4) is 0 Å². The topological polar surface area (TPSA) is 9.23 Å². The van der Waals surface area contributed by atoms with E-state index >= 15 is 0 Å². The molecule has 1 saturated heterocycles. The third-order valence-corrected chi connectivity index (χ3v) is 7.11. The molecule has 0 bridgehead atoms. The number of allylic oxidation sites excluding steroid dienone is 1. The van der Waals surface area contributed by atoms with E-state index in [2.05, 4.69) is 39.6 Å². The lowest BCUT2D eigenvalue weighted by molar-refractivity contribution is 0.127. The molecule has 0 aromatic rings. The van der Waals surface area contributed by atoms with Gasteiger partial charge >= 0.3 is 0 Å². The average molecular weight is 230 g/mol. The van der Waals surface area contributed by atoms with Crippen molar-refractivity contribution in [1.82, 2.24) is 0 Å². The third-order valence-electron chi connectivity index (χ3n) is 3.10. The van der Waals surface area contributed by atoms with Crippen LogP contribution in [0.4, 0.5) is 0 Å². The second kappa shape index (κ2) is 3.81. The number of rotatable bonds is 0. The van der Waals surface area contributed by atoms with Crippen LogP contribution in [0.3, 0.4) is 0 Å². The first-order valence-electron chi connectivity index (χ1n) is 5.27. The molecule has 1 nitrogen and oxygen atoms in total. The third kappa shape index (κ3) is 2.03. The Kier molecular flexibility index (Phi) is 2.99. The normalized spacial score (nSPS) is 46.0. The molecular weight excluding hydrogens is 211 g/mol. The molecule has 1 aliphatic carbocycles. The standard InChI is InChI=1S/C11H19OPS/c1-8-5-6-9-10(7-8)12-13(4)14-11(9,2)3/h5-6,8-10H,7H2,1-4H3. The van der Waals surface area contributed by atoms with Gasteiger partial charge in [0.2, 0.25) is 0 Å². The zero-order valence-electron chi connectivity index (χ0n) is 9.36. The zero-order chi connectivity index (χ0) is 10.3. The fourth-order valence-electron chi connectivity index (χ4n) is 2.42. The first-order valence-corrected chi connectivity index (χ1v) is 8.40. The summed E-state index contributed by atoms with van der Waals surface area (Å²) in [4.78, 5) is 0. The summed E-state index contributed by atoms with van der Waals surface area (Å²) >= 11 is 2.02. The second-order valence-corrected chi connectivity index (χ2v) is 9.32. The van der Waals surface area contributed by atoms with Crippen LogP contribution in [-0.2, 0) is 4.52 Å². The summed E-state index contributed by atoms with van der Waals surface area (Å²) in [6.07, 6.45) is 6.42. The van der Waals surface area contributed by atoms with Gasteiger partial charge in [-0.2, -0.15) is 0 Å². The molecule has 80 valence electrons. The van der Waals surface area contributed by atoms with Crippen LogP contribution in [0.15, 0.2) is 12.2 Å². The van der Waals surface area contributed by atoms with Gasteiger partial charge in [-0.05, 0) is 32.9 Å². The van der Waals surface area contributed by atoms with Crippen molar-refractivity contribution >= 4 is 18.7 Å². The van der Waals surface area contributed by atoms with E-state index in [9.17, 15) is 0 Å². The molecule has 0 spiro atoms. The van der Waals surface area contributed by atoms with Gasteiger partial charge in [-0.15, -0.1) is 0 Å². The Labute approximate surface area is 92.3 Å². The number of fused-ring (bicyclic) bond motifs is 1. The van der Waals surface area contributed by atoms with E-state index in [0.29, 0.717) is 22.7 Å². The maximum absolute atomic E-state index is 6.07. The van der Waals surface area contributed by atoms with Gasteiger partial charge in [0, 0.05) is 10.7 Å². The van der Waals surface area contributed by atoms with Crippen LogP contribution in [0.1, 0.15) is 27.2 Å². The Morgan fingerprint density at radius 2 is 2.14 bits per heavy atom. The first-order chi connectivity index (χ1) is 6.49. The molecule has 2 rings (SSSR count). The van der Waals surface area contributed by atoms with Gasteiger partial charge in [-0.3, -0.25) is 0 Å². The predicted octanol–water partition coefficient (Wildman–Crippen LogP) is 4.05. The quantitative estimate of drug-likeness (QED) is 0.458. The number of hydrogen-bond acceptors (Lipinski definition) is 2. The molecule has 0 amide bonds. The predicted molar refractivity (Wildman–Crippen MR) is 65.8 cm³/mol. The summed E-state index contributed by atoms with van der Waals surface area (Å²) in [5.74, 6) is 1.31. The van der Waals surface area contributed by atoms with E-state index < -0.39 is 0 Å². The van der Waals surface area contributed by atoms with Crippen molar-refractivity contribution in [2.24, 2.45) is 11.8 Å². The van der Waals surface area contributed by atoms with Crippen molar-refractivity contribution in [2.75, 3.05) is 6.66 Å². The highest BCUT2D eigenvalue weighted by atomic mass is 32.7. The van der Waals surface area contributed by atoms with Crippen LogP contribution >= 0.6 is 18.7 Å². The Balaban J connectivity index is 2.21. The summed E-state index contributed by atoms with van der Waals surface area (Å²) < 4.78 is 6.43. The van der Waals surface area contributed by atoms with Crippen LogP contribution in [0.2, 0.25) is 0 Å². The van der Waals surface area contributed by atoms with Gasteiger partial charge in [0.1, 0.15) is 0 Å². The lowest BCUT2D eigenvalue weighted by atomic mass is 9.80. The Bertz CT molecular complexity index is 252. The number of hydrogen-bond donors (Lipinski definition) is 0. The van der Waals surface area contributed by atoms with Gasteiger partial charge in [-0.1, -0.05) is 30.5 Å². The van der Waals surface area contributed by atoms with E-state index in [1.807, 2.05) is 11.4 Å². The lowest BCUT2D eigenvalue weighted by Crippen LogP contribution is -2.41. The van der Waals surface area contributed by atoms with Crippen molar-refractivity contribution in [1.29, 1.82) is 0 Å². The Morgan fingerprint density at radius 1 is 1.43 bits per heavy atom. The summed E-state index contributed by atoms with van der Waals surface area (Å²) in [5.41, 5.74) is 0. The molecule has 3 heteroatoms. The summed E-state index contributed by atoms with van der Waals surface area (Å²) in [6, 6.07) is 0. The van der Waals surface area contributed by atoms with Crippen molar-refractivity contribution in [3.63, 3.8) is 0 Å². The lowest BCUT2D eigenvalue weighted by Gasteiger charge is -2.46. The minimum absolute atomic E-state index is 0.259. The van der Waals surface area contributed by atoms with E-state index in [4.69, 9.17) is 4.52 Å². The monoisotopic (exact) mass is 230 g/mol. The summed E-state index contributed by atoms with van der Waals surface area (Å²) in [6.45, 7) is 9.23. The molecule has 1 aliphatic heterocycles. The van der Waals surface area contributed by atoms with Crippen molar-refractivity contribution in [2.45, 2.75) is 38.0 Å². The highest BCUT2D eigenvalue weighted by Crippen LogP contribution is 2.63. The highest BCUT2D eigenvalue weighted by molar-refractivity contribution is 8.54. The Morgan fingerprint density at radius 3 is 2.86 bits per heavy atom. The molecule has 14 heavy (non-hydrogen) atoms. The molecule has 0 saturated carbocycles. The zero-order valence-corrected chi connectivity index (χ0v) is 11.1. The van der Waals surface area contributed by atoms with Crippen LogP contribution in [-0.4, -0.2) is 17.5 Å². The molecule has 1 heterocycles. The van der Waals surface area contributed by atoms with Crippen molar-refractivity contribution in [3.05, 3.63) is 12.2 Å². The van der Waals surface area contributed by atoms with Gasteiger partial charge in [0.05, 0.1) is 13.5 Å². The fourth-order valence-corrected chi connectivity index (χ4v) is 6.89. The SMILES string of the molecule is CC1C=CC2C(C1)OP(C)SC2(C)C. The molecule has 0 aromatic carbocycles. The van der Waals surface area contributed by atoms with Crippen LogP contribution < -0.4 is 0 Å². The molecule has 0 radical (unpaired) electrons. The largest absolute Gasteiger partial charge is 0.345 e. The van der Waals surface area contributed by atoms with Crippen LogP contribution in [0.25, 0.3) is 0 Å². The van der Waals surface area contributed by atoms with E-state index in [0.717, 1.165) is 0 Å². The maximum atomic E-state index is 6.07. The molecule has 1 fully saturated rings. The second-order valence-electron chi connectivity index (χ2n) is 4.90. The van der Waals surface area contributed by atoms with E-state index in [-0.39, 0.29) is 7.35 Å². The van der Waals surface area contributed by atoms with Gasteiger partial charge in [-0.25, -0.2) is 0 Å². The van der Waals surface area contributed by atoms with Crippen molar-refractivity contribution < 1.29 is 4.52 Å². The van der Waals surface area contributed by atoms with E-state index in [1.165, 1.54) is 6.42 Å². The average Bonchev–Trinajstić information content (AvgIpc) is 2.00. The van der Waals surface area contributed by atoms with Gasteiger partial charge < -0.3 is 4.52 Å². The van der Waals surface area contributed by atoms with Crippen LogP contribution in [0, 0.1) is 11.8 Å². The van der Waals surface area contributed by atoms with E-state index in [1.54, 1.807) is 0 Å². The maximum Gasteiger partial charge on any atom is 0.0865 e. The highest BCUT2D eigenvalue weighted by Gasteiger charge is 2.43. The van der Waals surface area contributed by atoms with Crippen LogP contribution in [0.5, 0.6) is 0 Å². The smallest absolute Gasteiger partial charge is 0.0865 e. The summed E-state index contributed by atoms with van der Waals surface area (Å²) in [7, 11) is -0.259. The van der Waals surface area contributed by atoms with Gasteiger partial charge in [0.25, 0.3) is 0 Å². The fraction of sp³-hybridized carbons (Fsp3) is 0.818. The minimum atomic E-state index is -0.259. The molecule has 4 unspecified atom stereocenters. The minimum Gasteiger partial charge on any atom is -0.345 e. The molecule has 4 atom stereocenters. The molecule has 0 N–H and O–H groups in total. The summed E-state index contributed by atoms with van der Waals surface area (Å²) in [5, 5.41) is 0. The first kappa shape index (κ1) is 11.0. The molecule has 2 aliphatic rings. The Hall–Kier alpha value is 0.480.